The third-order valence-corrected chi connectivity index (χ3v) is 6.02. The van der Waals surface area contributed by atoms with Gasteiger partial charge in [-0.15, -0.1) is 16.8 Å². The highest BCUT2D eigenvalue weighted by Gasteiger charge is 2.19. The summed E-state index contributed by atoms with van der Waals surface area (Å²) in [6.07, 6.45) is 7.40. The standard InChI is InChI=1S/C20H23N5O2S/c1-2-12-24-18(27)15-10-6-7-11-16(15)25-19(24)22-23-20(25)28-13-17(26)21-14-8-4-3-5-9-14/h2,6-7,10-11,14H,1,3-5,8-9,12-13H2,(H,21,26). The zero-order valence-corrected chi connectivity index (χ0v) is 16.5. The van der Waals surface area contributed by atoms with E-state index in [1.165, 1.54) is 31.0 Å². The Balaban J connectivity index is 1.63. The number of hydrogen-bond donors (Lipinski definition) is 1. The second kappa shape index (κ2) is 8.18. The number of nitrogens with zero attached hydrogens (tertiary/aromatic N) is 4. The van der Waals surface area contributed by atoms with Crippen molar-refractivity contribution in [1.82, 2.24) is 24.5 Å². The number of nitrogens with one attached hydrogen (secondary N) is 1. The van der Waals surface area contributed by atoms with Crippen molar-refractivity contribution in [3.8, 4) is 0 Å². The molecule has 1 aliphatic carbocycles. The lowest BCUT2D eigenvalue weighted by Crippen LogP contribution is -2.37. The minimum atomic E-state index is -0.123. The Hall–Kier alpha value is -2.61. The fourth-order valence-corrected chi connectivity index (χ4v) is 4.52. The zero-order chi connectivity index (χ0) is 19.5. The lowest BCUT2D eigenvalue weighted by Gasteiger charge is -2.22. The Bertz CT molecular complexity index is 1080. The van der Waals surface area contributed by atoms with Crippen LogP contribution < -0.4 is 10.9 Å². The maximum Gasteiger partial charge on any atom is 0.263 e. The summed E-state index contributed by atoms with van der Waals surface area (Å²) in [6.45, 7) is 4.08. The molecule has 8 heteroatoms. The van der Waals surface area contributed by atoms with E-state index in [1.807, 2.05) is 22.6 Å². The number of thioether (sulfide) groups is 1. The predicted octanol–water partition coefficient (Wildman–Crippen LogP) is 2.77. The van der Waals surface area contributed by atoms with Crippen molar-refractivity contribution in [3.05, 3.63) is 47.3 Å². The highest BCUT2D eigenvalue weighted by Crippen LogP contribution is 2.22. The first kappa shape index (κ1) is 18.7. The highest BCUT2D eigenvalue weighted by atomic mass is 32.2. The molecule has 0 spiro atoms. The lowest BCUT2D eigenvalue weighted by atomic mass is 9.95. The van der Waals surface area contributed by atoms with Crippen LogP contribution in [0.3, 0.4) is 0 Å². The summed E-state index contributed by atoms with van der Waals surface area (Å²) in [5.74, 6) is 0.739. The normalized spacial score (nSPS) is 15.1. The van der Waals surface area contributed by atoms with E-state index in [-0.39, 0.29) is 23.3 Å². The number of carbonyl (C=O) groups excluding carboxylic acids is 1. The van der Waals surface area contributed by atoms with Gasteiger partial charge in [0.15, 0.2) is 5.16 Å². The van der Waals surface area contributed by atoms with Crippen LogP contribution in [0.2, 0.25) is 0 Å². The molecular formula is C20H23N5O2S. The summed E-state index contributed by atoms with van der Waals surface area (Å²) in [5.41, 5.74) is 0.616. The van der Waals surface area contributed by atoms with Crippen molar-refractivity contribution >= 4 is 34.3 Å². The van der Waals surface area contributed by atoms with Gasteiger partial charge in [0.1, 0.15) is 0 Å². The number of fused-ring (bicyclic) bond motifs is 3. The number of para-hydroxylation sites is 1. The van der Waals surface area contributed by atoms with E-state index in [9.17, 15) is 9.59 Å². The molecule has 1 aliphatic rings. The van der Waals surface area contributed by atoms with Crippen LogP contribution in [0.15, 0.2) is 46.9 Å². The number of amides is 1. The largest absolute Gasteiger partial charge is 0.353 e. The third kappa shape index (κ3) is 3.56. The summed E-state index contributed by atoms with van der Waals surface area (Å²) in [5, 5.41) is 12.8. The van der Waals surface area contributed by atoms with E-state index >= 15 is 0 Å². The van der Waals surface area contributed by atoms with Crippen molar-refractivity contribution in [2.24, 2.45) is 0 Å². The van der Waals surface area contributed by atoms with E-state index < -0.39 is 0 Å². The second-order valence-corrected chi connectivity index (χ2v) is 7.97. The summed E-state index contributed by atoms with van der Waals surface area (Å²) >= 11 is 1.34. The van der Waals surface area contributed by atoms with Crippen molar-refractivity contribution in [3.63, 3.8) is 0 Å². The molecule has 28 heavy (non-hydrogen) atoms. The smallest absolute Gasteiger partial charge is 0.263 e. The van der Waals surface area contributed by atoms with Crippen LogP contribution in [0.25, 0.3) is 16.7 Å². The van der Waals surface area contributed by atoms with Crippen molar-refractivity contribution < 1.29 is 4.79 Å². The second-order valence-electron chi connectivity index (χ2n) is 7.03. The van der Waals surface area contributed by atoms with E-state index in [2.05, 4.69) is 22.1 Å². The number of hydrogen-bond acceptors (Lipinski definition) is 5. The molecule has 0 unspecified atom stereocenters. The minimum Gasteiger partial charge on any atom is -0.353 e. The molecule has 1 fully saturated rings. The van der Waals surface area contributed by atoms with Crippen molar-refractivity contribution in [2.45, 2.75) is 49.8 Å². The topological polar surface area (TPSA) is 81.3 Å². The molecular weight excluding hydrogens is 374 g/mol. The van der Waals surface area contributed by atoms with Gasteiger partial charge in [-0.25, -0.2) is 0 Å². The number of carbonyl (C=O) groups is 1. The molecule has 1 saturated carbocycles. The van der Waals surface area contributed by atoms with Gasteiger partial charge in [-0.2, -0.15) is 0 Å². The number of rotatable bonds is 6. The average molecular weight is 398 g/mol. The SMILES string of the molecule is C=CCn1c(=O)c2ccccc2n2c(SCC(=O)NC3CCCCC3)nnc12. The van der Waals surface area contributed by atoms with Crippen LogP contribution in [-0.2, 0) is 11.3 Å². The Labute approximate surface area is 166 Å². The van der Waals surface area contributed by atoms with Crippen LogP contribution >= 0.6 is 11.8 Å². The first-order valence-electron chi connectivity index (χ1n) is 9.59. The third-order valence-electron chi connectivity index (χ3n) is 5.09. The summed E-state index contributed by atoms with van der Waals surface area (Å²) in [4.78, 5) is 25.2. The molecule has 0 atom stereocenters. The van der Waals surface area contributed by atoms with Crippen LogP contribution in [0.4, 0.5) is 0 Å². The predicted molar refractivity (Wildman–Crippen MR) is 111 cm³/mol. The van der Waals surface area contributed by atoms with E-state index in [4.69, 9.17) is 0 Å². The van der Waals surface area contributed by atoms with Gasteiger partial charge in [0.2, 0.25) is 11.7 Å². The van der Waals surface area contributed by atoms with Gasteiger partial charge in [0, 0.05) is 12.6 Å². The van der Waals surface area contributed by atoms with Gasteiger partial charge in [0.05, 0.1) is 16.7 Å². The molecule has 0 aliphatic heterocycles. The van der Waals surface area contributed by atoms with Crippen molar-refractivity contribution in [2.75, 3.05) is 5.75 Å². The van der Waals surface area contributed by atoms with Crippen molar-refractivity contribution in [1.29, 1.82) is 0 Å². The van der Waals surface area contributed by atoms with Gasteiger partial charge in [0.25, 0.3) is 5.56 Å². The van der Waals surface area contributed by atoms with Gasteiger partial charge >= 0.3 is 0 Å². The molecule has 4 rings (SSSR count). The number of allylic oxidation sites excluding steroid dienone is 1. The molecule has 7 nitrogen and oxygen atoms in total. The molecule has 3 aromatic rings. The van der Waals surface area contributed by atoms with Gasteiger partial charge in [-0.1, -0.05) is 49.2 Å². The van der Waals surface area contributed by atoms with E-state index in [0.717, 1.165) is 18.4 Å². The lowest BCUT2D eigenvalue weighted by molar-refractivity contribution is -0.119. The molecule has 0 radical (unpaired) electrons. The Morgan fingerprint density at radius 3 is 2.82 bits per heavy atom. The maximum atomic E-state index is 12.8. The molecule has 2 heterocycles. The minimum absolute atomic E-state index is 0.0115. The molecule has 1 N–H and O–H groups in total. The number of aromatic nitrogens is 4. The van der Waals surface area contributed by atoms with Gasteiger partial charge < -0.3 is 5.32 Å². The number of benzene rings is 1. The zero-order valence-electron chi connectivity index (χ0n) is 15.6. The van der Waals surface area contributed by atoms with Crippen LogP contribution in [0.1, 0.15) is 32.1 Å². The van der Waals surface area contributed by atoms with E-state index in [1.54, 1.807) is 16.7 Å². The Morgan fingerprint density at radius 2 is 2.04 bits per heavy atom. The highest BCUT2D eigenvalue weighted by molar-refractivity contribution is 7.99. The van der Waals surface area contributed by atoms with E-state index in [0.29, 0.717) is 22.9 Å². The fraction of sp³-hybridized carbons (Fsp3) is 0.400. The monoisotopic (exact) mass is 397 g/mol. The summed E-state index contributed by atoms with van der Waals surface area (Å²) in [6, 6.07) is 7.67. The fourth-order valence-electron chi connectivity index (χ4n) is 3.77. The molecule has 2 aromatic heterocycles. The molecule has 1 amide bonds. The van der Waals surface area contributed by atoms with Gasteiger partial charge in [-0.05, 0) is 25.0 Å². The summed E-state index contributed by atoms with van der Waals surface area (Å²) in [7, 11) is 0. The van der Waals surface area contributed by atoms with Crippen LogP contribution in [0.5, 0.6) is 0 Å². The van der Waals surface area contributed by atoms with Crippen LogP contribution in [-0.4, -0.2) is 36.9 Å². The quantitative estimate of drug-likeness (QED) is 0.511. The summed E-state index contributed by atoms with van der Waals surface area (Å²) < 4.78 is 3.40. The van der Waals surface area contributed by atoms with Gasteiger partial charge in [-0.3, -0.25) is 18.6 Å². The molecule has 146 valence electrons. The van der Waals surface area contributed by atoms with Crippen LogP contribution in [0, 0.1) is 0 Å². The first-order valence-corrected chi connectivity index (χ1v) is 10.6. The Kier molecular flexibility index (Phi) is 5.47. The Morgan fingerprint density at radius 1 is 1.25 bits per heavy atom. The first-order chi connectivity index (χ1) is 13.7. The molecule has 1 aromatic carbocycles. The molecule has 0 bridgehead atoms. The molecule has 0 saturated heterocycles. The average Bonchev–Trinajstić information content (AvgIpc) is 3.14. The maximum absolute atomic E-state index is 12.8.